The fraction of sp³-hybridized carbons (Fsp3) is 0.273. The first kappa shape index (κ1) is 22.9. The molecule has 0 bridgehead atoms. The van der Waals surface area contributed by atoms with Crippen molar-refractivity contribution >= 4 is 27.9 Å². The van der Waals surface area contributed by atoms with Crippen LogP contribution in [-0.2, 0) is 0 Å². The van der Waals surface area contributed by atoms with Gasteiger partial charge in [-0.25, -0.2) is 0 Å². The van der Waals surface area contributed by atoms with Gasteiger partial charge in [-0.15, -0.1) is 0 Å². The largest absolute Gasteiger partial charge is 0.355 e. The number of H-pyrrole nitrogens is 1. The Labute approximate surface area is 214 Å². The highest BCUT2D eigenvalue weighted by molar-refractivity contribution is 6.00. The second-order valence-electron chi connectivity index (χ2n) is 10.6. The third-order valence-electron chi connectivity index (χ3n) is 7.98. The number of nitrogens with one attached hydrogen (secondary N) is 2. The molecule has 0 spiro atoms. The summed E-state index contributed by atoms with van der Waals surface area (Å²) in [4.78, 5) is 6.11. The van der Waals surface area contributed by atoms with Crippen molar-refractivity contribution in [1.29, 1.82) is 0 Å². The average molecular weight is 474 g/mol. The number of aromatic amines is 1. The maximum absolute atomic E-state index is 4.35. The summed E-state index contributed by atoms with van der Waals surface area (Å²) in [6, 6.07) is 22.3. The van der Waals surface area contributed by atoms with Crippen LogP contribution in [0.2, 0.25) is 0 Å². The zero-order valence-corrected chi connectivity index (χ0v) is 21.6. The molecule has 36 heavy (non-hydrogen) atoms. The van der Waals surface area contributed by atoms with E-state index in [0.717, 1.165) is 42.4 Å². The van der Waals surface area contributed by atoms with Gasteiger partial charge in [-0.3, -0.25) is 0 Å². The molecule has 3 heteroatoms. The van der Waals surface area contributed by atoms with E-state index in [2.05, 4.69) is 109 Å². The summed E-state index contributed by atoms with van der Waals surface area (Å²) in [5, 5.41) is 4.90. The van der Waals surface area contributed by atoms with Crippen LogP contribution >= 0.6 is 0 Å². The lowest BCUT2D eigenvalue weighted by molar-refractivity contribution is 0.370. The lowest BCUT2D eigenvalue weighted by Gasteiger charge is -2.21. The van der Waals surface area contributed by atoms with Crippen molar-refractivity contribution in [1.82, 2.24) is 9.88 Å². The number of hydrogen-bond acceptors (Lipinski definition) is 2. The minimum Gasteiger partial charge on any atom is -0.355 e. The van der Waals surface area contributed by atoms with Crippen LogP contribution in [0.4, 0.5) is 5.69 Å². The average Bonchev–Trinajstić information content (AvgIpc) is 3.64. The summed E-state index contributed by atoms with van der Waals surface area (Å²) >= 11 is 0. The fourth-order valence-electron chi connectivity index (χ4n) is 5.45. The Hall–Kier alpha value is -3.56. The highest BCUT2D eigenvalue weighted by Crippen LogP contribution is 2.40. The number of anilines is 1. The molecule has 1 fully saturated rings. The van der Waals surface area contributed by atoms with Crippen molar-refractivity contribution in [2.45, 2.75) is 39.0 Å². The van der Waals surface area contributed by atoms with Gasteiger partial charge in [0.25, 0.3) is 0 Å². The molecule has 0 saturated heterocycles. The van der Waals surface area contributed by atoms with Gasteiger partial charge in [0, 0.05) is 41.1 Å². The Morgan fingerprint density at radius 2 is 1.81 bits per heavy atom. The molecule has 182 valence electrons. The molecular formula is C33H35N3. The van der Waals surface area contributed by atoms with Gasteiger partial charge in [-0.05, 0) is 97.2 Å². The van der Waals surface area contributed by atoms with E-state index in [1.807, 2.05) is 0 Å². The topological polar surface area (TPSA) is 31.1 Å². The van der Waals surface area contributed by atoms with E-state index in [0.29, 0.717) is 0 Å². The SMILES string of the molecule is C=C(Nc1cccc(-c2ccc(C)c3[nH]c(C4=CCN(C)CC4)cc23)c1C)c1ccc(C2CC2)cc1. The summed E-state index contributed by atoms with van der Waals surface area (Å²) in [5.41, 5.74) is 13.6. The van der Waals surface area contributed by atoms with Crippen molar-refractivity contribution in [3.8, 4) is 11.1 Å². The van der Waals surface area contributed by atoms with Crippen LogP contribution in [0.5, 0.6) is 0 Å². The number of aromatic nitrogens is 1. The third-order valence-corrected chi connectivity index (χ3v) is 7.98. The minimum absolute atomic E-state index is 0.773. The van der Waals surface area contributed by atoms with E-state index >= 15 is 0 Å². The number of fused-ring (bicyclic) bond motifs is 1. The van der Waals surface area contributed by atoms with Crippen LogP contribution in [0.25, 0.3) is 33.3 Å². The van der Waals surface area contributed by atoms with Crippen LogP contribution in [-0.4, -0.2) is 30.0 Å². The second kappa shape index (κ2) is 9.15. The fourth-order valence-corrected chi connectivity index (χ4v) is 5.45. The lowest BCUT2D eigenvalue weighted by Crippen LogP contribution is -2.23. The first-order valence-electron chi connectivity index (χ1n) is 13.1. The van der Waals surface area contributed by atoms with Crippen molar-refractivity contribution in [3.63, 3.8) is 0 Å². The maximum atomic E-state index is 4.35. The molecule has 3 nitrogen and oxygen atoms in total. The smallest absolute Gasteiger partial charge is 0.0494 e. The van der Waals surface area contributed by atoms with E-state index < -0.39 is 0 Å². The van der Waals surface area contributed by atoms with Gasteiger partial charge in [-0.1, -0.05) is 61.2 Å². The molecule has 1 aliphatic heterocycles. The van der Waals surface area contributed by atoms with E-state index in [-0.39, 0.29) is 0 Å². The van der Waals surface area contributed by atoms with E-state index in [1.165, 1.54) is 62.8 Å². The van der Waals surface area contributed by atoms with Crippen molar-refractivity contribution in [3.05, 3.63) is 101 Å². The Balaban J connectivity index is 1.33. The summed E-state index contributed by atoms with van der Waals surface area (Å²) in [7, 11) is 2.18. The van der Waals surface area contributed by atoms with Gasteiger partial charge in [0.15, 0.2) is 0 Å². The highest BCUT2D eigenvalue weighted by atomic mass is 15.1. The molecule has 3 aromatic carbocycles. The zero-order chi connectivity index (χ0) is 24.8. The Kier molecular flexibility index (Phi) is 5.81. The molecule has 2 aliphatic rings. The van der Waals surface area contributed by atoms with Crippen LogP contribution in [0.1, 0.15) is 53.1 Å². The molecule has 0 radical (unpaired) electrons. The second-order valence-corrected chi connectivity index (χ2v) is 10.6. The number of benzene rings is 3. The predicted molar refractivity (Wildman–Crippen MR) is 154 cm³/mol. The number of rotatable bonds is 6. The van der Waals surface area contributed by atoms with Crippen LogP contribution in [0.15, 0.2) is 73.3 Å². The third kappa shape index (κ3) is 4.29. The molecule has 2 heterocycles. The molecule has 1 aromatic heterocycles. The highest BCUT2D eigenvalue weighted by Gasteiger charge is 2.23. The normalized spacial score (nSPS) is 16.2. The Morgan fingerprint density at radius 1 is 1.00 bits per heavy atom. The first-order chi connectivity index (χ1) is 17.5. The molecule has 2 N–H and O–H groups in total. The summed E-state index contributed by atoms with van der Waals surface area (Å²) in [6.45, 7) is 10.9. The molecule has 0 amide bonds. The van der Waals surface area contributed by atoms with E-state index in [1.54, 1.807) is 0 Å². The molecular weight excluding hydrogens is 438 g/mol. The van der Waals surface area contributed by atoms with Crippen molar-refractivity contribution in [2.75, 3.05) is 25.5 Å². The van der Waals surface area contributed by atoms with Gasteiger partial charge in [0.2, 0.25) is 0 Å². The van der Waals surface area contributed by atoms with Gasteiger partial charge in [-0.2, -0.15) is 0 Å². The van der Waals surface area contributed by atoms with E-state index in [9.17, 15) is 0 Å². The number of likely N-dealkylation sites (N-methyl/N-ethyl adjacent to an activating group) is 1. The quantitative estimate of drug-likeness (QED) is 0.296. The van der Waals surface area contributed by atoms with Crippen LogP contribution < -0.4 is 5.32 Å². The van der Waals surface area contributed by atoms with Gasteiger partial charge in [0.05, 0.1) is 0 Å². The van der Waals surface area contributed by atoms with Gasteiger partial charge < -0.3 is 15.2 Å². The number of hydrogen-bond donors (Lipinski definition) is 2. The molecule has 1 aliphatic carbocycles. The maximum Gasteiger partial charge on any atom is 0.0494 e. The molecule has 0 unspecified atom stereocenters. The minimum atomic E-state index is 0.773. The molecule has 6 rings (SSSR count). The summed E-state index contributed by atoms with van der Waals surface area (Å²) in [5.74, 6) is 0.773. The summed E-state index contributed by atoms with van der Waals surface area (Å²) < 4.78 is 0. The van der Waals surface area contributed by atoms with Crippen molar-refractivity contribution in [2.24, 2.45) is 0 Å². The number of aryl methyl sites for hydroxylation is 1. The van der Waals surface area contributed by atoms with Crippen molar-refractivity contribution < 1.29 is 0 Å². The standard InChI is InChI=1S/C33H35N3/c1-21-8-15-29(30-20-32(35-33(21)30)27-16-18-36(4)19-17-27)28-6-5-7-31(22(28)2)34-23(3)24-9-11-25(12-10-24)26-13-14-26/h5-12,15-16,20,26,34-35H,3,13-14,17-19H2,1-2,4H3. The number of nitrogens with zero attached hydrogens (tertiary/aromatic N) is 1. The molecule has 1 saturated carbocycles. The van der Waals surface area contributed by atoms with Crippen LogP contribution in [0, 0.1) is 13.8 Å². The van der Waals surface area contributed by atoms with Gasteiger partial charge in [0.1, 0.15) is 0 Å². The Morgan fingerprint density at radius 3 is 2.53 bits per heavy atom. The predicted octanol–water partition coefficient (Wildman–Crippen LogP) is 8.13. The molecule has 0 atom stereocenters. The van der Waals surface area contributed by atoms with E-state index in [4.69, 9.17) is 0 Å². The summed E-state index contributed by atoms with van der Waals surface area (Å²) in [6.07, 6.45) is 6.10. The first-order valence-corrected chi connectivity index (χ1v) is 13.1. The monoisotopic (exact) mass is 473 g/mol. The lowest BCUT2D eigenvalue weighted by atomic mass is 9.94. The molecule has 4 aromatic rings. The Bertz CT molecular complexity index is 1480. The zero-order valence-electron chi connectivity index (χ0n) is 21.6. The van der Waals surface area contributed by atoms with Gasteiger partial charge >= 0.3 is 0 Å². The van der Waals surface area contributed by atoms with Crippen LogP contribution in [0.3, 0.4) is 0 Å².